The average Bonchev–Trinajstić information content (AvgIpc) is 3.22. The molecule has 1 N–H and O–H groups in total. The van der Waals surface area contributed by atoms with Gasteiger partial charge in [-0.3, -0.25) is 0 Å². The number of benzene rings is 1. The second-order valence-corrected chi connectivity index (χ2v) is 6.26. The highest BCUT2D eigenvalue weighted by atomic mass is 79.9. The van der Waals surface area contributed by atoms with Gasteiger partial charge in [0.1, 0.15) is 0 Å². The van der Waals surface area contributed by atoms with Crippen LogP contribution in [0.15, 0.2) is 34.9 Å². The molecule has 1 saturated carbocycles. The number of nitrogens with zero attached hydrogens (tertiary/aromatic N) is 2. The van der Waals surface area contributed by atoms with Crippen molar-refractivity contribution in [2.45, 2.75) is 25.3 Å². The van der Waals surface area contributed by atoms with E-state index < -0.39 is 0 Å². The lowest BCUT2D eigenvalue weighted by Crippen LogP contribution is -2.18. The molecule has 0 amide bonds. The topological polar surface area (TPSA) is 39.1 Å². The van der Waals surface area contributed by atoms with Gasteiger partial charge in [-0.15, -0.1) is 0 Å². The SMILES string of the molecule is COCCNCc1ccc(-n2ccc(C3CC3)n2)cc1Br. The summed E-state index contributed by atoms with van der Waals surface area (Å²) >= 11 is 3.65. The summed E-state index contributed by atoms with van der Waals surface area (Å²) in [6, 6.07) is 8.50. The summed E-state index contributed by atoms with van der Waals surface area (Å²) in [6.07, 6.45) is 4.62. The largest absolute Gasteiger partial charge is 0.383 e. The van der Waals surface area contributed by atoms with Crippen molar-refractivity contribution in [3.05, 3.63) is 46.2 Å². The Labute approximate surface area is 133 Å². The van der Waals surface area contributed by atoms with Crippen LogP contribution in [0, 0.1) is 0 Å². The van der Waals surface area contributed by atoms with Gasteiger partial charge in [-0.1, -0.05) is 22.0 Å². The molecule has 4 nitrogen and oxygen atoms in total. The van der Waals surface area contributed by atoms with E-state index in [0.29, 0.717) is 5.92 Å². The lowest BCUT2D eigenvalue weighted by molar-refractivity contribution is 0.199. The molecule has 3 rings (SSSR count). The first-order valence-electron chi connectivity index (χ1n) is 7.32. The second-order valence-electron chi connectivity index (χ2n) is 5.40. The second kappa shape index (κ2) is 6.73. The van der Waals surface area contributed by atoms with Crippen LogP contribution < -0.4 is 5.32 Å². The van der Waals surface area contributed by atoms with Crippen LogP contribution in [-0.4, -0.2) is 30.0 Å². The molecule has 21 heavy (non-hydrogen) atoms. The number of hydrogen-bond donors (Lipinski definition) is 1. The van der Waals surface area contributed by atoms with Gasteiger partial charge in [0.05, 0.1) is 18.0 Å². The van der Waals surface area contributed by atoms with Gasteiger partial charge >= 0.3 is 0 Å². The molecule has 1 aromatic carbocycles. The number of hydrogen-bond acceptors (Lipinski definition) is 3. The number of halogens is 1. The van der Waals surface area contributed by atoms with Crippen molar-refractivity contribution in [1.82, 2.24) is 15.1 Å². The molecule has 0 unspecified atom stereocenters. The summed E-state index contributed by atoms with van der Waals surface area (Å²) in [5.41, 5.74) is 3.55. The Morgan fingerprint density at radius 1 is 1.38 bits per heavy atom. The summed E-state index contributed by atoms with van der Waals surface area (Å²) in [4.78, 5) is 0. The number of rotatable bonds is 7. The van der Waals surface area contributed by atoms with Crippen LogP contribution in [0.5, 0.6) is 0 Å². The Balaban J connectivity index is 1.67. The van der Waals surface area contributed by atoms with Gasteiger partial charge in [-0.25, -0.2) is 4.68 Å². The van der Waals surface area contributed by atoms with Crippen LogP contribution in [0.3, 0.4) is 0 Å². The first-order chi connectivity index (χ1) is 10.3. The fraction of sp³-hybridized carbons (Fsp3) is 0.438. The third-order valence-electron chi connectivity index (χ3n) is 3.70. The summed E-state index contributed by atoms with van der Waals surface area (Å²) in [5.74, 6) is 0.693. The fourth-order valence-corrected chi connectivity index (χ4v) is 2.80. The average molecular weight is 350 g/mol. The molecule has 1 aliphatic rings. The molecule has 0 bridgehead atoms. The minimum absolute atomic E-state index is 0.693. The molecule has 0 spiro atoms. The van der Waals surface area contributed by atoms with E-state index in [1.807, 2.05) is 10.9 Å². The highest BCUT2D eigenvalue weighted by molar-refractivity contribution is 9.10. The van der Waals surface area contributed by atoms with Crippen molar-refractivity contribution in [3.8, 4) is 5.69 Å². The van der Waals surface area contributed by atoms with Gasteiger partial charge in [-0.05, 0) is 36.6 Å². The molecule has 0 radical (unpaired) electrons. The van der Waals surface area contributed by atoms with E-state index in [1.54, 1.807) is 7.11 Å². The zero-order valence-corrected chi connectivity index (χ0v) is 13.8. The Hall–Kier alpha value is -1.17. The molecule has 1 aliphatic carbocycles. The first kappa shape index (κ1) is 14.8. The monoisotopic (exact) mass is 349 g/mol. The lowest BCUT2D eigenvalue weighted by Gasteiger charge is -2.09. The summed E-state index contributed by atoms with van der Waals surface area (Å²) < 4.78 is 8.09. The highest BCUT2D eigenvalue weighted by Gasteiger charge is 2.25. The van der Waals surface area contributed by atoms with Crippen molar-refractivity contribution in [3.63, 3.8) is 0 Å². The zero-order chi connectivity index (χ0) is 14.7. The van der Waals surface area contributed by atoms with Crippen LogP contribution in [0.2, 0.25) is 0 Å². The minimum atomic E-state index is 0.693. The Morgan fingerprint density at radius 2 is 2.24 bits per heavy atom. The van der Waals surface area contributed by atoms with E-state index in [0.717, 1.165) is 29.9 Å². The predicted octanol–water partition coefficient (Wildman–Crippen LogP) is 3.25. The van der Waals surface area contributed by atoms with E-state index in [1.165, 1.54) is 24.1 Å². The van der Waals surface area contributed by atoms with Gasteiger partial charge in [0.15, 0.2) is 0 Å². The van der Waals surface area contributed by atoms with Gasteiger partial charge in [0.25, 0.3) is 0 Å². The maximum atomic E-state index is 5.03. The molecule has 2 aromatic rings. The van der Waals surface area contributed by atoms with Crippen molar-refractivity contribution in [2.75, 3.05) is 20.3 Å². The van der Waals surface area contributed by atoms with Gasteiger partial charge < -0.3 is 10.1 Å². The van der Waals surface area contributed by atoms with E-state index in [2.05, 4.69) is 50.6 Å². The third kappa shape index (κ3) is 3.73. The standard InChI is InChI=1S/C16H20BrN3O/c1-21-9-7-18-11-13-4-5-14(10-15(13)17)20-8-6-16(19-20)12-2-3-12/h4-6,8,10,12,18H,2-3,7,9,11H2,1H3. The molecule has 0 saturated heterocycles. The quantitative estimate of drug-likeness (QED) is 0.780. The molecule has 1 fully saturated rings. The number of nitrogens with one attached hydrogen (secondary N) is 1. The summed E-state index contributed by atoms with van der Waals surface area (Å²) in [5, 5.41) is 8.02. The van der Waals surface area contributed by atoms with E-state index in [4.69, 9.17) is 4.74 Å². The number of methoxy groups -OCH3 is 1. The molecule has 0 atom stereocenters. The molecule has 1 aromatic heterocycles. The molecule has 5 heteroatoms. The van der Waals surface area contributed by atoms with Crippen LogP contribution in [-0.2, 0) is 11.3 Å². The van der Waals surface area contributed by atoms with Crippen molar-refractivity contribution in [1.29, 1.82) is 0 Å². The van der Waals surface area contributed by atoms with Crippen LogP contribution in [0.1, 0.15) is 30.0 Å². The van der Waals surface area contributed by atoms with Crippen molar-refractivity contribution in [2.24, 2.45) is 0 Å². The first-order valence-corrected chi connectivity index (χ1v) is 8.11. The van der Waals surface area contributed by atoms with E-state index in [-0.39, 0.29) is 0 Å². The summed E-state index contributed by atoms with van der Waals surface area (Å²) in [6.45, 7) is 2.41. The minimum Gasteiger partial charge on any atom is -0.383 e. The smallest absolute Gasteiger partial charge is 0.0659 e. The number of ether oxygens (including phenoxy) is 1. The molecule has 0 aliphatic heterocycles. The Bertz CT molecular complexity index is 607. The van der Waals surface area contributed by atoms with Crippen molar-refractivity contribution >= 4 is 15.9 Å². The van der Waals surface area contributed by atoms with Crippen LogP contribution >= 0.6 is 15.9 Å². The van der Waals surface area contributed by atoms with E-state index >= 15 is 0 Å². The Morgan fingerprint density at radius 3 is 2.95 bits per heavy atom. The third-order valence-corrected chi connectivity index (χ3v) is 4.44. The maximum absolute atomic E-state index is 5.03. The van der Waals surface area contributed by atoms with E-state index in [9.17, 15) is 0 Å². The normalized spacial score (nSPS) is 14.6. The molecule has 112 valence electrons. The van der Waals surface area contributed by atoms with Crippen LogP contribution in [0.25, 0.3) is 5.69 Å². The van der Waals surface area contributed by atoms with Gasteiger partial charge in [0, 0.05) is 36.8 Å². The van der Waals surface area contributed by atoms with Crippen LogP contribution in [0.4, 0.5) is 0 Å². The summed E-state index contributed by atoms with van der Waals surface area (Å²) in [7, 11) is 1.71. The predicted molar refractivity (Wildman–Crippen MR) is 86.8 cm³/mol. The molecular weight excluding hydrogens is 330 g/mol. The Kier molecular flexibility index (Phi) is 4.73. The fourth-order valence-electron chi connectivity index (χ4n) is 2.30. The highest BCUT2D eigenvalue weighted by Crippen LogP contribution is 2.39. The zero-order valence-electron chi connectivity index (χ0n) is 12.2. The van der Waals surface area contributed by atoms with Gasteiger partial charge in [-0.2, -0.15) is 5.10 Å². The molecular formula is C16H20BrN3O. The number of aromatic nitrogens is 2. The van der Waals surface area contributed by atoms with Crippen molar-refractivity contribution < 1.29 is 4.74 Å². The lowest BCUT2D eigenvalue weighted by atomic mass is 10.2. The maximum Gasteiger partial charge on any atom is 0.0659 e. The molecule has 1 heterocycles. The van der Waals surface area contributed by atoms with Gasteiger partial charge in [0.2, 0.25) is 0 Å².